The van der Waals surface area contributed by atoms with Crippen LogP contribution in [0.5, 0.6) is 0 Å². The number of aromatic nitrogens is 1. The lowest BCUT2D eigenvalue weighted by atomic mass is 10.4. The van der Waals surface area contributed by atoms with Crippen molar-refractivity contribution in [3.63, 3.8) is 0 Å². The third kappa shape index (κ3) is 4.00. The summed E-state index contributed by atoms with van der Waals surface area (Å²) in [6.07, 6.45) is -5.50. The minimum atomic E-state index is -2.91. The van der Waals surface area contributed by atoms with Crippen LogP contribution >= 0.6 is 0 Å². The van der Waals surface area contributed by atoms with Crippen LogP contribution in [0.2, 0.25) is 0 Å². The van der Waals surface area contributed by atoms with E-state index in [4.69, 9.17) is 0 Å². The van der Waals surface area contributed by atoms with Gasteiger partial charge in [0.05, 0.1) is 12.6 Å². The van der Waals surface area contributed by atoms with Crippen molar-refractivity contribution in [3.05, 3.63) is 23.9 Å². The van der Waals surface area contributed by atoms with E-state index in [1.54, 1.807) is 0 Å². The average Bonchev–Trinajstić information content (AvgIpc) is 2.74. The van der Waals surface area contributed by atoms with E-state index in [-0.39, 0.29) is 0 Å². The van der Waals surface area contributed by atoms with E-state index < -0.39 is 52.7 Å². The summed E-state index contributed by atoms with van der Waals surface area (Å²) >= 11 is -2.03. The van der Waals surface area contributed by atoms with E-state index in [0.717, 1.165) is 0 Å². The van der Waals surface area contributed by atoms with Crippen molar-refractivity contribution < 1.29 is 30.9 Å². The number of hydrogen-bond donors (Lipinski definition) is 0. The molecule has 0 N–H and O–H groups in total. The lowest BCUT2D eigenvalue weighted by molar-refractivity contribution is 0.115. The molecule has 1 aromatic heterocycles. The minimum absolute atomic E-state index is 0.521. The molecule has 3 nitrogen and oxygen atoms in total. The fourth-order valence-electron chi connectivity index (χ4n) is 0.840. The standard InChI is InChI=1S/C8H6F5NO2S/c9-4(6(10)11)1-2-17(15)8-14-3-5(16-8)7(12)13/h3,7H,1-2H2. The highest BCUT2D eigenvalue weighted by molar-refractivity contribution is 7.91. The van der Waals surface area contributed by atoms with E-state index in [1.165, 1.54) is 0 Å². The zero-order chi connectivity index (χ0) is 13.0. The SMILES string of the molecule is [O-][S+](CCC(F)=C(F)F)c1ncc(C(F)F)o1. The van der Waals surface area contributed by atoms with Crippen molar-refractivity contribution in [2.75, 3.05) is 5.75 Å². The Morgan fingerprint density at radius 3 is 2.53 bits per heavy atom. The van der Waals surface area contributed by atoms with Gasteiger partial charge in [-0.2, -0.15) is 13.8 Å². The van der Waals surface area contributed by atoms with Gasteiger partial charge in [-0.05, 0) is 0 Å². The van der Waals surface area contributed by atoms with Gasteiger partial charge in [-0.15, -0.1) is 0 Å². The highest BCUT2D eigenvalue weighted by Gasteiger charge is 2.23. The van der Waals surface area contributed by atoms with Crippen LogP contribution in [0, 0.1) is 0 Å². The summed E-state index contributed by atoms with van der Waals surface area (Å²) in [7, 11) is 0. The van der Waals surface area contributed by atoms with Crippen LogP contribution in [-0.2, 0) is 11.2 Å². The molecule has 0 aromatic carbocycles. The Hall–Kier alpha value is -1.09. The molecule has 0 amide bonds. The predicted octanol–water partition coefficient (Wildman–Crippen LogP) is 3.19. The van der Waals surface area contributed by atoms with Gasteiger partial charge in [-0.25, -0.2) is 13.2 Å². The fourth-order valence-corrected chi connectivity index (χ4v) is 1.74. The topological polar surface area (TPSA) is 49.1 Å². The van der Waals surface area contributed by atoms with Gasteiger partial charge >= 0.3 is 11.3 Å². The molecule has 0 spiro atoms. The summed E-state index contributed by atoms with van der Waals surface area (Å²) in [5, 5.41) is -0.535. The highest BCUT2D eigenvalue weighted by atomic mass is 32.2. The van der Waals surface area contributed by atoms with Crippen molar-refractivity contribution in [1.82, 2.24) is 4.98 Å². The molecule has 0 saturated heterocycles. The maximum Gasteiger partial charge on any atom is 0.415 e. The van der Waals surface area contributed by atoms with Crippen LogP contribution in [0.1, 0.15) is 18.6 Å². The fraction of sp³-hybridized carbons (Fsp3) is 0.375. The highest BCUT2D eigenvalue weighted by Crippen LogP contribution is 2.23. The molecule has 1 atom stereocenters. The Bertz CT molecular complexity index is 404. The number of alkyl halides is 2. The summed E-state index contributed by atoms with van der Waals surface area (Å²) in [4.78, 5) is 3.29. The van der Waals surface area contributed by atoms with E-state index in [1.807, 2.05) is 0 Å². The van der Waals surface area contributed by atoms with Crippen LogP contribution in [0.4, 0.5) is 22.0 Å². The summed E-state index contributed by atoms with van der Waals surface area (Å²) < 4.78 is 75.5. The summed E-state index contributed by atoms with van der Waals surface area (Å²) in [6, 6.07) is 0. The molecule has 0 aliphatic heterocycles. The largest absolute Gasteiger partial charge is 0.608 e. The number of allylic oxidation sites excluding steroid dienone is 1. The minimum Gasteiger partial charge on any atom is -0.608 e. The molecule has 0 bridgehead atoms. The molecule has 1 unspecified atom stereocenters. The molecule has 0 saturated carbocycles. The second-order valence-corrected chi connectivity index (χ2v) is 4.24. The van der Waals surface area contributed by atoms with Crippen molar-refractivity contribution in [2.45, 2.75) is 18.1 Å². The third-order valence-electron chi connectivity index (χ3n) is 1.62. The van der Waals surface area contributed by atoms with Gasteiger partial charge in [0.2, 0.25) is 0 Å². The number of nitrogens with zero attached hydrogens (tertiary/aromatic N) is 1. The molecule has 9 heteroatoms. The summed E-state index contributed by atoms with van der Waals surface area (Å²) in [5.41, 5.74) is 0. The average molecular weight is 275 g/mol. The first kappa shape index (κ1) is 14.0. The Morgan fingerprint density at radius 1 is 1.41 bits per heavy atom. The normalized spacial score (nSPS) is 12.9. The first-order chi connectivity index (χ1) is 7.91. The van der Waals surface area contributed by atoms with Gasteiger partial charge < -0.3 is 8.97 Å². The monoisotopic (exact) mass is 275 g/mol. The zero-order valence-corrected chi connectivity index (χ0v) is 8.95. The van der Waals surface area contributed by atoms with E-state index in [2.05, 4.69) is 9.40 Å². The molecular formula is C8H6F5NO2S. The Balaban J connectivity index is 2.58. The van der Waals surface area contributed by atoms with Gasteiger partial charge in [-0.1, -0.05) is 0 Å². The van der Waals surface area contributed by atoms with Gasteiger partial charge in [0, 0.05) is 11.2 Å². The quantitative estimate of drug-likeness (QED) is 0.612. The molecule has 0 aliphatic rings. The molecule has 0 fully saturated rings. The number of rotatable bonds is 5. The van der Waals surface area contributed by atoms with Crippen LogP contribution in [0.15, 0.2) is 27.7 Å². The van der Waals surface area contributed by atoms with Crippen molar-refractivity contribution >= 4 is 11.2 Å². The van der Waals surface area contributed by atoms with Crippen molar-refractivity contribution in [1.29, 1.82) is 0 Å². The maximum atomic E-state index is 12.4. The van der Waals surface area contributed by atoms with Crippen LogP contribution in [0.3, 0.4) is 0 Å². The Morgan fingerprint density at radius 2 is 2.06 bits per heavy atom. The van der Waals surface area contributed by atoms with Gasteiger partial charge in [0.25, 0.3) is 6.43 Å². The van der Waals surface area contributed by atoms with Crippen LogP contribution < -0.4 is 0 Å². The molecule has 17 heavy (non-hydrogen) atoms. The lowest BCUT2D eigenvalue weighted by Gasteiger charge is -2.03. The van der Waals surface area contributed by atoms with E-state index in [9.17, 15) is 26.5 Å². The van der Waals surface area contributed by atoms with Gasteiger partial charge in [0.15, 0.2) is 11.6 Å². The third-order valence-corrected chi connectivity index (χ3v) is 2.78. The number of halogens is 5. The second kappa shape index (κ2) is 6.01. The molecular weight excluding hydrogens is 269 g/mol. The first-order valence-corrected chi connectivity index (χ1v) is 5.55. The first-order valence-electron chi connectivity index (χ1n) is 4.23. The van der Waals surface area contributed by atoms with Gasteiger partial charge in [-0.3, -0.25) is 0 Å². The van der Waals surface area contributed by atoms with Crippen molar-refractivity contribution in [2.24, 2.45) is 0 Å². The van der Waals surface area contributed by atoms with E-state index in [0.29, 0.717) is 6.20 Å². The Labute approximate surface area is 95.5 Å². The van der Waals surface area contributed by atoms with Gasteiger partial charge in [0.1, 0.15) is 5.75 Å². The Kier molecular flexibility index (Phi) is 4.94. The predicted molar refractivity (Wildman–Crippen MR) is 47.7 cm³/mol. The molecule has 1 heterocycles. The summed E-state index contributed by atoms with van der Waals surface area (Å²) in [5.74, 6) is -2.99. The molecule has 1 aromatic rings. The molecule has 0 radical (unpaired) electrons. The molecule has 96 valence electrons. The number of hydrogen-bond acceptors (Lipinski definition) is 3. The number of oxazole rings is 1. The molecule has 0 aliphatic carbocycles. The maximum absolute atomic E-state index is 12.4. The van der Waals surface area contributed by atoms with Crippen LogP contribution in [0.25, 0.3) is 0 Å². The second-order valence-electron chi connectivity index (χ2n) is 2.79. The van der Waals surface area contributed by atoms with E-state index >= 15 is 0 Å². The van der Waals surface area contributed by atoms with Crippen LogP contribution in [-0.4, -0.2) is 15.3 Å². The molecule has 1 rings (SSSR count). The zero-order valence-electron chi connectivity index (χ0n) is 8.13. The summed E-state index contributed by atoms with van der Waals surface area (Å²) in [6.45, 7) is 0. The van der Waals surface area contributed by atoms with Crippen molar-refractivity contribution in [3.8, 4) is 0 Å². The lowest BCUT2D eigenvalue weighted by Crippen LogP contribution is -2.07. The smallest absolute Gasteiger partial charge is 0.415 e.